The first-order valence-corrected chi connectivity index (χ1v) is 12.7. The molecule has 0 aliphatic carbocycles. The number of carbonyl (C=O) groups is 2. The van der Waals surface area contributed by atoms with Crippen LogP contribution in [0.25, 0.3) is 0 Å². The standard InChI is InChI=1S/C26H41N7O3/c1-18(2)23-16-28-25(30-23)22(15-19(3)27)29-20-8-12-32(13-9-20)26(35)36-21-10-14-33(17-21)24(34)7-6-11-31(4)5/h6-7,15-16,18,20-21H,8-14,17,27H2,1-5H3,(H,28,30)/b7-6+,19-15?,29-22?. The number of carbonyl (C=O) groups excluding carboxylic acids is 2. The summed E-state index contributed by atoms with van der Waals surface area (Å²) in [6.45, 7) is 8.94. The molecule has 1 aromatic rings. The van der Waals surface area contributed by atoms with Crippen molar-refractivity contribution < 1.29 is 14.3 Å². The lowest BCUT2D eigenvalue weighted by Gasteiger charge is -2.30. The number of H-pyrrole nitrogens is 1. The van der Waals surface area contributed by atoms with Gasteiger partial charge in [-0.2, -0.15) is 0 Å². The first-order chi connectivity index (χ1) is 17.1. The summed E-state index contributed by atoms with van der Waals surface area (Å²) in [6, 6.07) is 0.0702. The summed E-state index contributed by atoms with van der Waals surface area (Å²) >= 11 is 0. The summed E-state index contributed by atoms with van der Waals surface area (Å²) in [6.07, 6.45) is 8.67. The Labute approximate surface area is 214 Å². The van der Waals surface area contributed by atoms with Gasteiger partial charge in [-0.1, -0.05) is 19.9 Å². The van der Waals surface area contributed by atoms with Crippen LogP contribution < -0.4 is 5.73 Å². The molecule has 1 aromatic heterocycles. The highest BCUT2D eigenvalue weighted by molar-refractivity contribution is 6.06. The van der Waals surface area contributed by atoms with Gasteiger partial charge in [0.05, 0.1) is 12.6 Å². The molecule has 198 valence electrons. The average Bonchev–Trinajstić information content (AvgIpc) is 3.49. The molecule has 2 fully saturated rings. The molecule has 3 heterocycles. The number of imidazole rings is 1. The SMILES string of the molecule is CC(N)=CC(=NC1CCN(C(=O)OC2CCN(C(=O)/C=C/CN(C)C)C2)CC1)c1ncc(C(C)C)[nH]1. The molecule has 2 aliphatic heterocycles. The number of aromatic amines is 1. The molecule has 0 aromatic carbocycles. The van der Waals surface area contributed by atoms with E-state index in [0.29, 0.717) is 56.6 Å². The molecule has 0 bridgehead atoms. The third-order valence-corrected chi connectivity index (χ3v) is 6.32. The normalized spacial score (nSPS) is 20.2. The summed E-state index contributed by atoms with van der Waals surface area (Å²) in [5.41, 5.74) is 8.39. The zero-order valence-corrected chi connectivity index (χ0v) is 22.2. The molecule has 2 aliphatic rings. The first kappa shape index (κ1) is 27.4. The van der Waals surface area contributed by atoms with E-state index in [4.69, 9.17) is 15.5 Å². The van der Waals surface area contributed by atoms with Gasteiger partial charge in [-0.3, -0.25) is 9.79 Å². The van der Waals surface area contributed by atoms with E-state index >= 15 is 0 Å². The smallest absolute Gasteiger partial charge is 0.410 e. The highest BCUT2D eigenvalue weighted by Gasteiger charge is 2.31. The summed E-state index contributed by atoms with van der Waals surface area (Å²) in [4.78, 5) is 43.3. The van der Waals surface area contributed by atoms with Gasteiger partial charge in [0.25, 0.3) is 0 Å². The second kappa shape index (κ2) is 12.7. The molecule has 2 saturated heterocycles. The Morgan fingerprint density at radius 2 is 1.94 bits per heavy atom. The molecular weight excluding hydrogens is 458 g/mol. The molecule has 0 spiro atoms. The van der Waals surface area contributed by atoms with Crippen LogP contribution in [0, 0.1) is 0 Å². The minimum atomic E-state index is -0.314. The zero-order chi connectivity index (χ0) is 26.2. The van der Waals surface area contributed by atoms with Crippen LogP contribution in [0.4, 0.5) is 4.79 Å². The third-order valence-electron chi connectivity index (χ3n) is 6.32. The highest BCUT2D eigenvalue weighted by Crippen LogP contribution is 2.20. The van der Waals surface area contributed by atoms with E-state index in [1.54, 1.807) is 15.9 Å². The molecule has 3 N–H and O–H groups in total. The Balaban J connectivity index is 1.50. The van der Waals surface area contributed by atoms with Crippen molar-refractivity contribution in [2.24, 2.45) is 10.7 Å². The van der Waals surface area contributed by atoms with Gasteiger partial charge in [0.15, 0.2) is 5.82 Å². The van der Waals surface area contributed by atoms with Gasteiger partial charge in [0.1, 0.15) is 11.8 Å². The molecule has 1 unspecified atom stereocenters. The third kappa shape index (κ3) is 7.94. The van der Waals surface area contributed by atoms with Gasteiger partial charge < -0.3 is 30.2 Å². The number of nitrogens with one attached hydrogen (secondary N) is 1. The largest absolute Gasteiger partial charge is 0.444 e. The number of rotatable bonds is 8. The van der Waals surface area contributed by atoms with E-state index < -0.39 is 0 Å². The molecule has 36 heavy (non-hydrogen) atoms. The average molecular weight is 500 g/mol. The van der Waals surface area contributed by atoms with Crippen LogP contribution >= 0.6 is 0 Å². The molecule has 1 atom stereocenters. The Morgan fingerprint density at radius 3 is 2.56 bits per heavy atom. The first-order valence-electron chi connectivity index (χ1n) is 12.7. The Hall–Kier alpha value is -3.14. The summed E-state index contributed by atoms with van der Waals surface area (Å²) in [5, 5.41) is 0. The van der Waals surface area contributed by atoms with E-state index in [1.807, 2.05) is 44.3 Å². The Bertz CT molecular complexity index is 983. The van der Waals surface area contributed by atoms with Crippen molar-refractivity contribution in [2.45, 2.75) is 58.1 Å². The quantitative estimate of drug-likeness (QED) is 0.419. The van der Waals surface area contributed by atoms with Gasteiger partial charge in [-0.15, -0.1) is 0 Å². The monoisotopic (exact) mass is 499 g/mol. The number of likely N-dealkylation sites (tertiary alicyclic amines) is 2. The lowest BCUT2D eigenvalue weighted by molar-refractivity contribution is -0.125. The predicted molar refractivity (Wildman–Crippen MR) is 141 cm³/mol. The fourth-order valence-electron chi connectivity index (χ4n) is 4.23. The predicted octanol–water partition coefficient (Wildman–Crippen LogP) is 2.50. The molecule has 2 amide bonds. The van der Waals surface area contributed by atoms with Crippen molar-refractivity contribution in [1.29, 1.82) is 0 Å². The minimum absolute atomic E-state index is 0.0382. The van der Waals surface area contributed by atoms with Crippen LogP contribution in [0.15, 0.2) is 35.1 Å². The topological polar surface area (TPSA) is 120 Å². The molecule has 0 radical (unpaired) electrons. The maximum Gasteiger partial charge on any atom is 0.410 e. The van der Waals surface area contributed by atoms with Gasteiger partial charge in [0, 0.05) is 56.3 Å². The number of ether oxygens (including phenoxy) is 1. The molecule has 10 nitrogen and oxygen atoms in total. The fourth-order valence-corrected chi connectivity index (χ4v) is 4.23. The van der Waals surface area contributed by atoms with E-state index in [1.165, 1.54) is 0 Å². The number of piperidine rings is 1. The molecule has 10 heteroatoms. The Kier molecular flexibility index (Phi) is 9.69. The van der Waals surface area contributed by atoms with Crippen LogP contribution in [-0.4, -0.2) is 101 Å². The summed E-state index contributed by atoms with van der Waals surface area (Å²) in [5.74, 6) is 1.01. The number of nitrogens with zero attached hydrogens (tertiary/aromatic N) is 5. The number of aromatic nitrogens is 2. The van der Waals surface area contributed by atoms with Gasteiger partial charge in [0.2, 0.25) is 5.91 Å². The second-order valence-corrected chi connectivity index (χ2v) is 10.2. The van der Waals surface area contributed by atoms with Crippen molar-refractivity contribution in [3.8, 4) is 0 Å². The van der Waals surface area contributed by atoms with Crippen LogP contribution in [0.5, 0.6) is 0 Å². The van der Waals surface area contributed by atoms with E-state index in [9.17, 15) is 9.59 Å². The lowest BCUT2D eigenvalue weighted by Crippen LogP contribution is -2.42. The maximum absolute atomic E-state index is 12.7. The van der Waals surface area contributed by atoms with Crippen molar-refractivity contribution in [2.75, 3.05) is 46.8 Å². The van der Waals surface area contributed by atoms with Gasteiger partial charge in [-0.25, -0.2) is 9.78 Å². The number of amides is 2. The molecule has 3 rings (SSSR count). The Morgan fingerprint density at radius 1 is 1.25 bits per heavy atom. The maximum atomic E-state index is 12.7. The van der Waals surface area contributed by atoms with Crippen molar-refractivity contribution in [3.05, 3.63) is 41.6 Å². The van der Waals surface area contributed by atoms with Crippen molar-refractivity contribution >= 4 is 17.7 Å². The summed E-state index contributed by atoms with van der Waals surface area (Å²) < 4.78 is 5.72. The number of nitrogens with two attached hydrogens (primary N) is 1. The second-order valence-electron chi connectivity index (χ2n) is 10.2. The fraction of sp³-hybridized carbons (Fsp3) is 0.615. The number of hydrogen-bond acceptors (Lipinski definition) is 7. The van der Waals surface area contributed by atoms with Gasteiger partial charge >= 0.3 is 6.09 Å². The van der Waals surface area contributed by atoms with Crippen LogP contribution in [0.2, 0.25) is 0 Å². The molecular formula is C26H41N7O3. The highest BCUT2D eigenvalue weighted by atomic mass is 16.6. The van der Waals surface area contributed by atoms with Crippen molar-refractivity contribution in [1.82, 2.24) is 24.7 Å². The van der Waals surface area contributed by atoms with Crippen LogP contribution in [0.3, 0.4) is 0 Å². The number of aliphatic imine (C=N–C) groups is 1. The minimum Gasteiger partial charge on any atom is -0.444 e. The lowest BCUT2D eigenvalue weighted by atomic mass is 10.1. The number of allylic oxidation sites excluding steroid dienone is 2. The van der Waals surface area contributed by atoms with E-state index in [-0.39, 0.29) is 24.1 Å². The van der Waals surface area contributed by atoms with Crippen LogP contribution in [0.1, 0.15) is 57.5 Å². The van der Waals surface area contributed by atoms with E-state index in [0.717, 1.165) is 24.2 Å². The summed E-state index contributed by atoms with van der Waals surface area (Å²) in [7, 11) is 3.90. The van der Waals surface area contributed by atoms with Crippen molar-refractivity contribution in [3.63, 3.8) is 0 Å². The van der Waals surface area contributed by atoms with E-state index in [2.05, 4.69) is 23.8 Å². The number of hydrogen-bond donors (Lipinski definition) is 2. The zero-order valence-electron chi connectivity index (χ0n) is 22.2. The number of likely N-dealkylation sites (N-methyl/N-ethyl adjacent to an activating group) is 1. The van der Waals surface area contributed by atoms with Gasteiger partial charge in [-0.05, 0) is 45.9 Å². The van der Waals surface area contributed by atoms with Crippen LogP contribution in [-0.2, 0) is 9.53 Å². The molecule has 0 saturated carbocycles.